The van der Waals surface area contributed by atoms with Crippen LogP contribution in [0.1, 0.15) is 16.7 Å². The largest absolute Gasteiger partial charge is 0.321 e. The Morgan fingerprint density at radius 1 is 1.29 bits per heavy atom. The van der Waals surface area contributed by atoms with Crippen molar-refractivity contribution in [2.24, 2.45) is 0 Å². The minimum atomic E-state index is -0.181. The van der Waals surface area contributed by atoms with E-state index in [0.717, 1.165) is 35.2 Å². The molecule has 2 aromatic rings. The van der Waals surface area contributed by atoms with E-state index in [9.17, 15) is 4.79 Å². The Morgan fingerprint density at radius 3 is 2.88 bits per heavy atom. The van der Waals surface area contributed by atoms with Gasteiger partial charge in [-0.2, -0.15) is 0 Å². The SMILES string of the molecule is CN1CCc2ccc(NC(=O)C=Cc3ccccc3Cl)c(Br)c2C1. The minimum absolute atomic E-state index is 0.181. The van der Waals surface area contributed by atoms with Crippen LogP contribution in [-0.2, 0) is 17.8 Å². The highest BCUT2D eigenvalue weighted by Gasteiger charge is 2.18. The van der Waals surface area contributed by atoms with Gasteiger partial charge in [-0.15, -0.1) is 0 Å². The molecule has 5 heteroatoms. The van der Waals surface area contributed by atoms with Gasteiger partial charge in [0.05, 0.1) is 5.69 Å². The minimum Gasteiger partial charge on any atom is -0.321 e. The van der Waals surface area contributed by atoms with Gasteiger partial charge in [0, 0.05) is 28.7 Å². The Morgan fingerprint density at radius 2 is 2.08 bits per heavy atom. The molecule has 0 spiro atoms. The molecule has 0 atom stereocenters. The van der Waals surface area contributed by atoms with Crippen molar-refractivity contribution < 1.29 is 4.79 Å². The molecule has 0 saturated heterocycles. The molecule has 0 fully saturated rings. The summed E-state index contributed by atoms with van der Waals surface area (Å²) < 4.78 is 0.964. The van der Waals surface area contributed by atoms with E-state index in [4.69, 9.17) is 11.6 Å². The number of nitrogens with zero attached hydrogens (tertiary/aromatic N) is 1. The Bertz CT molecular complexity index is 804. The first-order chi connectivity index (χ1) is 11.5. The van der Waals surface area contributed by atoms with E-state index in [1.54, 1.807) is 12.1 Å². The number of hydrogen-bond acceptors (Lipinski definition) is 2. The molecule has 1 aliphatic rings. The number of carbonyl (C=O) groups is 1. The highest BCUT2D eigenvalue weighted by atomic mass is 79.9. The van der Waals surface area contributed by atoms with Gasteiger partial charge in [0.2, 0.25) is 5.91 Å². The maximum Gasteiger partial charge on any atom is 0.248 e. The molecule has 1 amide bonds. The van der Waals surface area contributed by atoms with Gasteiger partial charge in [0.15, 0.2) is 0 Å². The van der Waals surface area contributed by atoms with Crippen molar-refractivity contribution in [3.05, 3.63) is 68.7 Å². The Kier molecular flexibility index (Phi) is 5.39. The van der Waals surface area contributed by atoms with E-state index in [-0.39, 0.29) is 5.91 Å². The third-order valence-electron chi connectivity index (χ3n) is 4.11. The van der Waals surface area contributed by atoms with Crippen molar-refractivity contribution in [2.75, 3.05) is 18.9 Å². The summed E-state index contributed by atoms with van der Waals surface area (Å²) in [4.78, 5) is 14.5. The number of likely N-dealkylation sites (N-methyl/N-ethyl adjacent to an activating group) is 1. The first kappa shape index (κ1) is 17.2. The first-order valence-electron chi connectivity index (χ1n) is 7.77. The van der Waals surface area contributed by atoms with Crippen LogP contribution in [0.4, 0.5) is 5.69 Å². The Labute approximate surface area is 155 Å². The fourth-order valence-corrected chi connectivity index (χ4v) is 3.58. The van der Waals surface area contributed by atoms with Gasteiger partial charge in [-0.25, -0.2) is 0 Å². The number of anilines is 1. The van der Waals surface area contributed by atoms with Crippen LogP contribution in [-0.4, -0.2) is 24.4 Å². The fourth-order valence-electron chi connectivity index (χ4n) is 2.77. The lowest BCUT2D eigenvalue weighted by atomic mass is 9.99. The average molecular weight is 406 g/mol. The molecular formula is C19H18BrClN2O. The van der Waals surface area contributed by atoms with E-state index in [1.807, 2.05) is 24.3 Å². The van der Waals surface area contributed by atoms with Crippen molar-refractivity contribution in [3.63, 3.8) is 0 Å². The molecule has 1 N–H and O–H groups in total. The Balaban J connectivity index is 1.75. The van der Waals surface area contributed by atoms with Gasteiger partial charge < -0.3 is 10.2 Å². The van der Waals surface area contributed by atoms with E-state index >= 15 is 0 Å². The molecule has 0 saturated carbocycles. The van der Waals surface area contributed by atoms with Gasteiger partial charge in [-0.3, -0.25) is 4.79 Å². The van der Waals surface area contributed by atoms with Crippen LogP contribution in [0, 0.1) is 0 Å². The van der Waals surface area contributed by atoms with Gasteiger partial charge in [0.1, 0.15) is 0 Å². The second kappa shape index (κ2) is 7.51. The lowest BCUT2D eigenvalue weighted by Gasteiger charge is -2.26. The molecule has 3 nitrogen and oxygen atoms in total. The molecule has 24 heavy (non-hydrogen) atoms. The number of carbonyl (C=O) groups excluding carboxylic acids is 1. The van der Waals surface area contributed by atoms with Crippen molar-refractivity contribution >= 4 is 45.2 Å². The molecule has 0 bridgehead atoms. The number of benzene rings is 2. The normalized spacial score (nSPS) is 14.6. The maximum atomic E-state index is 12.2. The smallest absolute Gasteiger partial charge is 0.248 e. The van der Waals surface area contributed by atoms with Gasteiger partial charge >= 0.3 is 0 Å². The summed E-state index contributed by atoms with van der Waals surface area (Å²) in [5.41, 5.74) is 4.19. The van der Waals surface area contributed by atoms with Crippen LogP contribution in [0.25, 0.3) is 6.08 Å². The third kappa shape index (κ3) is 3.89. The molecule has 0 aliphatic carbocycles. The number of amides is 1. The lowest BCUT2D eigenvalue weighted by Crippen LogP contribution is -2.27. The molecule has 0 aromatic heterocycles. The summed E-state index contributed by atoms with van der Waals surface area (Å²) in [5, 5.41) is 3.56. The van der Waals surface area contributed by atoms with Crippen LogP contribution in [0.5, 0.6) is 0 Å². The zero-order chi connectivity index (χ0) is 17.1. The van der Waals surface area contributed by atoms with Crippen molar-refractivity contribution in [3.8, 4) is 0 Å². The zero-order valence-corrected chi connectivity index (χ0v) is 15.7. The van der Waals surface area contributed by atoms with Crippen molar-refractivity contribution in [1.82, 2.24) is 4.90 Å². The van der Waals surface area contributed by atoms with Crippen molar-refractivity contribution in [1.29, 1.82) is 0 Å². The maximum absolute atomic E-state index is 12.2. The third-order valence-corrected chi connectivity index (χ3v) is 5.36. The summed E-state index contributed by atoms with van der Waals surface area (Å²) in [7, 11) is 2.10. The van der Waals surface area contributed by atoms with E-state index in [1.165, 1.54) is 17.2 Å². The number of hydrogen-bond donors (Lipinski definition) is 1. The molecule has 0 unspecified atom stereocenters. The lowest BCUT2D eigenvalue weighted by molar-refractivity contribution is -0.111. The van der Waals surface area contributed by atoms with Crippen LogP contribution >= 0.6 is 27.5 Å². The van der Waals surface area contributed by atoms with E-state index in [2.05, 4.69) is 39.3 Å². The standard InChI is InChI=1S/C19H18BrClN2O/c1-23-11-10-13-6-8-17(19(20)15(13)12-23)22-18(24)9-7-14-4-2-3-5-16(14)21/h2-9H,10-12H2,1H3,(H,22,24). The van der Waals surface area contributed by atoms with Gasteiger partial charge in [-0.1, -0.05) is 35.9 Å². The summed E-state index contributed by atoms with van der Waals surface area (Å²) in [6.07, 6.45) is 4.25. The van der Waals surface area contributed by atoms with Crippen molar-refractivity contribution in [2.45, 2.75) is 13.0 Å². The molecule has 1 aliphatic heterocycles. The van der Waals surface area contributed by atoms with Crippen LogP contribution in [0.2, 0.25) is 5.02 Å². The van der Waals surface area contributed by atoms with Crippen LogP contribution in [0.3, 0.4) is 0 Å². The summed E-state index contributed by atoms with van der Waals surface area (Å²) in [6, 6.07) is 11.5. The monoisotopic (exact) mass is 404 g/mol. The molecule has 124 valence electrons. The number of nitrogens with one attached hydrogen (secondary N) is 1. The molecule has 1 heterocycles. The summed E-state index contributed by atoms with van der Waals surface area (Å²) >= 11 is 9.74. The highest BCUT2D eigenvalue weighted by molar-refractivity contribution is 9.10. The predicted octanol–water partition coefficient (Wildman–Crippen LogP) is 4.74. The predicted molar refractivity (Wildman–Crippen MR) is 103 cm³/mol. The van der Waals surface area contributed by atoms with Gasteiger partial charge in [0.25, 0.3) is 0 Å². The van der Waals surface area contributed by atoms with Gasteiger partial charge in [-0.05, 0) is 64.3 Å². The topological polar surface area (TPSA) is 32.3 Å². The van der Waals surface area contributed by atoms with E-state index in [0.29, 0.717) is 5.02 Å². The van der Waals surface area contributed by atoms with Crippen LogP contribution in [0.15, 0.2) is 46.9 Å². The zero-order valence-electron chi connectivity index (χ0n) is 13.4. The summed E-state index contributed by atoms with van der Waals surface area (Å²) in [5.74, 6) is -0.181. The summed E-state index contributed by atoms with van der Waals surface area (Å²) in [6.45, 7) is 1.95. The molecular weight excluding hydrogens is 388 g/mol. The van der Waals surface area contributed by atoms with E-state index < -0.39 is 0 Å². The number of fused-ring (bicyclic) bond motifs is 1. The average Bonchev–Trinajstić information content (AvgIpc) is 2.57. The number of rotatable bonds is 3. The quantitative estimate of drug-likeness (QED) is 0.748. The first-order valence-corrected chi connectivity index (χ1v) is 8.94. The molecule has 2 aromatic carbocycles. The fraction of sp³-hybridized carbons (Fsp3) is 0.211. The molecule has 0 radical (unpaired) electrons. The Hall–Kier alpha value is -1.62. The highest BCUT2D eigenvalue weighted by Crippen LogP contribution is 2.32. The number of halogens is 2. The molecule has 3 rings (SSSR count). The second-order valence-corrected chi connectivity index (χ2v) is 7.10. The van der Waals surface area contributed by atoms with Crippen LogP contribution < -0.4 is 5.32 Å². The second-order valence-electron chi connectivity index (χ2n) is 5.90.